The maximum Gasteiger partial charge on any atom is 0.407 e. The number of nitrogens with one attached hydrogen (secondary N) is 1. The second-order valence-corrected chi connectivity index (χ2v) is 5.89. The SMILES string of the molecule is CCOC(=O)N[C@@H](c1ccccc1F)[C@@H]1CCCCCCC1=O. The number of alkyl carbamates (subject to hydrolysis) is 1. The Morgan fingerprint density at radius 1 is 1.30 bits per heavy atom. The fraction of sp³-hybridized carbons (Fsp3) is 0.556. The molecule has 0 bridgehead atoms. The Hall–Kier alpha value is -1.91. The molecule has 1 saturated carbocycles. The summed E-state index contributed by atoms with van der Waals surface area (Å²) in [6.45, 7) is 1.94. The monoisotopic (exact) mass is 321 g/mol. The maximum absolute atomic E-state index is 14.2. The first-order chi connectivity index (χ1) is 11.1. The summed E-state index contributed by atoms with van der Waals surface area (Å²) in [6.07, 6.45) is 4.41. The molecule has 0 aliphatic heterocycles. The normalized spacial score (nSPS) is 20.3. The Morgan fingerprint density at radius 3 is 2.78 bits per heavy atom. The van der Waals surface area contributed by atoms with Crippen LogP contribution in [-0.4, -0.2) is 18.5 Å². The highest BCUT2D eigenvalue weighted by Crippen LogP contribution is 2.32. The van der Waals surface area contributed by atoms with Crippen molar-refractivity contribution in [2.24, 2.45) is 5.92 Å². The van der Waals surface area contributed by atoms with Gasteiger partial charge in [-0.15, -0.1) is 0 Å². The molecule has 0 spiro atoms. The molecule has 2 rings (SSSR count). The molecule has 1 aromatic rings. The van der Waals surface area contributed by atoms with E-state index in [1.54, 1.807) is 25.1 Å². The van der Waals surface area contributed by atoms with Crippen LogP contribution in [-0.2, 0) is 9.53 Å². The lowest BCUT2D eigenvalue weighted by Gasteiger charge is -2.28. The van der Waals surface area contributed by atoms with E-state index in [0.717, 1.165) is 25.7 Å². The molecule has 0 heterocycles. The summed E-state index contributed by atoms with van der Waals surface area (Å²) in [4.78, 5) is 24.4. The molecular weight excluding hydrogens is 297 g/mol. The third-order valence-corrected chi connectivity index (χ3v) is 4.29. The number of ketones is 1. The van der Waals surface area contributed by atoms with Crippen LogP contribution in [0.2, 0.25) is 0 Å². The van der Waals surface area contributed by atoms with E-state index in [9.17, 15) is 14.0 Å². The first-order valence-electron chi connectivity index (χ1n) is 8.34. The molecule has 126 valence electrons. The Morgan fingerprint density at radius 2 is 2.04 bits per heavy atom. The van der Waals surface area contributed by atoms with Gasteiger partial charge in [0.25, 0.3) is 0 Å². The number of carbonyl (C=O) groups is 2. The average Bonchev–Trinajstić information content (AvgIpc) is 2.51. The van der Waals surface area contributed by atoms with Crippen molar-refractivity contribution in [3.8, 4) is 0 Å². The van der Waals surface area contributed by atoms with Crippen molar-refractivity contribution in [3.63, 3.8) is 0 Å². The van der Waals surface area contributed by atoms with Crippen molar-refractivity contribution in [1.82, 2.24) is 5.32 Å². The van der Waals surface area contributed by atoms with Gasteiger partial charge < -0.3 is 10.1 Å². The summed E-state index contributed by atoms with van der Waals surface area (Å²) in [7, 11) is 0. The molecular formula is C18H24FNO3. The highest BCUT2D eigenvalue weighted by molar-refractivity contribution is 5.82. The predicted octanol–water partition coefficient (Wildman–Crippen LogP) is 4.15. The molecule has 0 saturated heterocycles. The number of ether oxygens (including phenoxy) is 1. The molecule has 4 nitrogen and oxygen atoms in total. The van der Waals surface area contributed by atoms with Gasteiger partial charge in [0.2, 0.25) is 0 Å². The fourth-order valence-electron chi connectivity index (χ4n) is 3.14. The number of halogens is 1. The van der Waals surface area contributed by atoms with E-state index >= 15 is 0 Å². The van der Waals surface area contributed by atoms with Gasteiger partial charge in [-0.1, -0.05) is 37.5 Å². The molecule has 0 radical (unpaired) electrons. The third kappa shape index (κ3) is 4.78. The van der Waals surface area contributed by atoms with Gasteiger partial charge in [0, 0.05) is 17.9 Å². The Balaban J connectivity index is 2.29. The minimum atomic E-state index is -0.680. The summed E-state index contributed by atoms with van der Waals surface area (Å²) >= 11 is 0. The van der Waals surface area contributed by atoms with Gasteiger partial charge in [-0.2, -0.15) is 0 Å². The summed E-state index contributed by atoms with van der Waals surface area (Å²) in [5.41, 5.74) is 0.347. The highest BCUT2D eigenvalue weighted by Gasteiger charge is 2.32. The van der Waals surface area contributed by atoms with Crippen molar-refractivity contribution in [2.75, 3.05) is 6.61 Å². The van der Waals surface area contributed by atoms with Crippen LogP contribution in [0.1, 0.15) is 57.1 Å². The molecule has 2 atom stereocenters. The molecule has 1 aromatic carbocycles. The fourth-order valence-corrected chi connectivity index (χ4v) is 3.14. The van der Waals surface area contributed by atoms with Gasteiger partial charge in [0.05, 0.1) is 12.6 Å². The van der Waals surface area contributed by atoms with Gasteiger partial charge >= 0.3 is 6.09 Å². The van der Waals surface area contributed by atoms with Crippen LogP contribution in [0.3, 0.4) is 0 Å². The average molecular weight is 321 g/mol. The Labute approximate surface area is 136 Å². The molecule has 1 aliphatic carbocycles. The zero-order valence-corrected chi connectivity index (χ0v) is 13.5. The molecule has 1 aliphatic rings. The molecule has 0 unspecified atom stereocenters. The van der Waals surface area contributed by atoms with Gasteiger partial charge in [-0.25, -0.2) is 9.18 Å². The van der Waals surface area contributed by atoms with E-state index in [1.807, 2.05) is 0 Å². The Bertz CT molecular complexity index is 547. The number of hydrogen-bond donors (Lipinski definition) is 1. The van der Waals surface area contributed by atoms with Crippen molar-refractivity contribution in [2.45, 2.75) is 51.5 Å². The van der Waals surface area contributed by atoms with Gasteiger partial charge in [0.1, 0.15) is 11.6 Å². The second-order valence-electron chi connectivity index (χ2n) is 5.89. The molecule has 5 heteroatoms. The zero-order chi connectivity index (χ0) is 16.7. The van der Waals surface area contributed by atoms with E-state index < -0.39 is 23.9 Å². The smallest absolute Gasteiger partial charge is 0.407 e. The molecule has 23 heavy (non-hydrogen) atoms. The minimum absolute atomic E-state index is 0.0924. The van der Waals surface area contributed by atoms with Crippen LogP contribution in [0.5, 0.6) is 0 Å². The maximum atomic E-state index is 14.2. The number of rotatable bonds is 4. The van der Waals surface area contributed by atoms with E-state index in [0.29, 0.717) is 18.4 Å². The summed E-state index contributed by atoms with van der Waals surface area (Å²) in [5.74, 6) is -0.726. The first kappa shape index (κ1) is 17.4. The standard InChI is InChI=1S/C18H24FNO3/c1-2-23-18(22)20-17(13-9-7-8-11-15(13)19)14-10-5-3-4-6-12-16(14)21/h7-9,11,14,17H,2-6,10,12H2,1H3,(H,20,22)/t14-,17+/m1/s1. The summed E-state index contributed by atoms with van der Waals surface area (Å²) < 4.78 is 19.2. The largest absolute Gasteiger partial charge is 0.450 e. The number of Topliss-reactive ketones (excluding diaryl/α,β-unsaturated/α-hetero) is 1. The third-order valence-electron chi connectivity index (χ3n) is 4.29. The van der Waals surface area contributed by atoms with Crippen LogP contribution in [0, 0.1) is 11.7 Å². The van der Waals surface area contributed by atoms with Crippen LogP contribution in [0.4, 0.5) is 9.18 Å². The zero-order valence-electron chi connectivity index (χ0n) is 13.5. The topological polar surface area (TPSA) is 55.4 Å². The van der Waals surface area contributed by atoms with E-state index in [1.165, 1.54) is 6.07 Å². The van der Waals surface area contributed by atoms with Crippen LogP contribution < -0.4 is 5.32 Å². The molecule has 1 N–H and O–H groups in total. The van der Waals surface area contributed by atoms with Crippen LogP contribution in [0.15, 0.2) is 24.3 Å². The van der Waals surface area contributed by atoms with Crippen molar-refractivity contribution in [3.05, 3.63) is 35.6 Å². The quantitative estimate of drug-likeness (QED) is 0.906. The van der Waals surface area contributed by atoms with Gasteiger partial charge in [-0.05, 0) is 25.8 Å². The number of carbonyl (C=O) groups excluding carboxylic acids is 2. The van der Waals surface area contributed by atoms with E-state index in [2.05, 4.69) is 5.32 Å². The van der Waals surface area contributed by atoms with Gasteiger partial charge in [0.15, 0.2) is 0 Å². The van der Waals surface area contributed by atoms with Crippen molar-refractivity contribution in [1.29, 1.82) is 0 Å². The minimum Gasteiger partial charge on any atom is -0.450 e. The number of hydrogen-bond acceptors (Lipinski definition) is 3. The van der Waals surface area contributed by atoms with Crippen LogP contribution in [0.25, 0.3) is 0 Å². The van der Waals surface area contributed by atoms with Crippen LogP contribution >= 0.6 is 0 Å². The molecule has 1 amide bonds. The number of benzene rings is 1. The predicted molar refractivity (Wildman–Crippen MR) is 85.5 cm³/mol. The van der Waals surface area contributed by atoms with E-state index in [-0.39, 0.29) is 12.4 Å². The second kappa shape index (κ2) is 8.65. The lowest BCUT2D eigenvalue weighted by atomic mass is 9.82. The van der Waals surface area contributed by atoms with E-state index in [4.69, 9.17) is 4.74 Å². The van der Waals surface area contributed by atoms with Crippen molar-refractivity contribution < 1.29 is 18.7 Å². The summed E-state index contributed by atoms with van der Waals surface area (Å²) in [6, 6.07) is 5.60. The highest BCUT2D eigenvalue weighted by atomic mass is 19.1. The lowest BCUT2D eigenvalue weighted by Crippen LogP contribution is -2.38. The lowest BCUT2D eigenvalue weighted by molar-refractivity contribution is -0.124. The van der Waals surface area contributed by atoms with Gasteiger partial charge in [-0.3, -0.25) is 4.79 Å². The molecule has 1 fully saturated rings. The summed E-state index contributed by atoms with van der Waals surface area (Å²) in [5, 5.41) is 2.70. The van der Waals surface area contributed by atoms with Crippen molar-refractivity contribution >= 4 is 11.9 Å². The molecule has 0 aromatic heterocycles. The Kier molecular flexibility index (Phi) is 6.56. The number of amides is 1. The first-order valence-corrected chi connectivity index (χ1v) is 8.34.